The molecule has 0 atom stereocenters. The summed E-state index contributed by atoms with van der Waals surface area (Å²) in [6.45, 7) is 2.23. The number of allylic oxidation sites excluding steroid dienone is 6. The Labute approximate surface area is 142 Å². The first kappa shape index (κ1) is 22.6. The summed E-state index contributed by atoms with van der Waals surface area (Å²) in [5.74, 6) is -0.945. The summed E-state index contributed by atoms with van der Waals surface area (Å²) in [7, 11) is 0. The van der Waals surface area contributed by atoms with Crippen molar-refractivity contribution in [2.75, 3.05) is 0 Å². The maximum Gasteiger partial charge on any atom is 1.00 e. The minimum absolute atomic E-state index is 0. The number of rotatable bonds is 13. The van der Waals surface area contributed by atoms with Gasteiger partial charge >= 0.3 is 18.9 Å². The Hall–Kier alpha value is -0.713. The van der Waals surface area contributed by atoms with E-state index in [2.05, 4.69) is 43.4 Å². The summed E-state index contributed by atoms with van der Waals surface area (Å²) >= 11 is 0. The first-order valence-corrected chi connectivity index (χ1v) is 7.92. The standard InChI is InChI=1S/C18H30O2.Li/c1-2-3-4-5-6-7-8-9-10-11-12-13-14-15-16-17-18(19)20;/h6-7,9-10,12-13H,2-5,8,11,14-17H2,1H3,(H,19,20);/q;+1/p-1/b7-6-,10-9-,13-12-;. The molecule has 0 rings (SSSR count). The molecular formula is C18H29LiO2. The van der Waals surface area contributed by atoms with Crippen molar-refractivity contribution < 1.29 is 28.8 Å². The van der Waals surface area contributed by atoms with E-state index in [-0.39, 0.29) is 25.3 Å². The van der Waals surface area contributed by atoms with Gasteiger partial charge in [-0.25, -0.2) is 0 Å². The Morgan fingerprint density at radius 1 is 0.810 bits per heavy atom. The van der Waals surface area contributed by atoms with Crippen LogP contribution >= 0.6 is 0 Å². The van der Waals surface area contributed by atoms with Crippen molar-refractivity contribution in [2.24, 2.45) is 0 Å². The van der Waals surface area contributed by atoms with Gasteiger partial charge in [0.25, 0.3) is 0 Å². The normalized spacial score (nSPS) is 11.5. The molecular weight excluding hydrogens is 255 g/mol. The van der Waals surface area contributed by atoms with Crippen LogP contribution < -0.4 is 24.0 Å². The van der Waals surface area contributed by atoms with Crippen LogP contribution in [0.25, 0.3) is 0 Å². The predicted molar refractivity (Wildman–Crippen MR) is 84.3 cm³/mol. The summed E-state index contributed by atoms with van der Waals surface area (Å²) in [6, 6.07) is 0. The fourth-order valence-electron chi connectivity index (χ4n) is 1.82. The Kier molecular flexibility index (Phi) is 20.7. The fourth-order valence-corrected chi connectivity index (χ4v) is 1.82. The van der Waals surface area contributed by atoms with Gasteiger partial charge in [0.2, 0.25) is 0 Å². The summed E-state index contributed by atoms with van der Waals surface area (Å²) in [6.07, 6.45) is 23.0. The molecule has 0 N–H and O–H groups in total. The summed E-state index contributed by atoms with van der Waals surface area (Å²) in [4.78, 5) is 10.2. The van der Waals surface area contributed by atoms with E-state index in [1.807, 2.05) is 0 Å². The molecule has 0 fully saturated rings. The summed E-state index contributed by atoms with van der Waals surface area (Å²) < 4.78 is 0. The number of carboxylic acids is 1. The fraction of sp³-hybridized carbons (Fsp3) is 0.611. The topological polar surface area (TPSA) is 40.1 Å². The molecule has 0 bridgehead atoms. The van der Waals surface area contributed by atoms with E-state index in [1.165, 1.54) is 25.7 Å². The Morgan fingerprint density at radius 3 is 1.76 bits per heavy atom. The van der Waals surface area contributed by atoms with E-state index in [0.717, 1.165) is 25.7 Å². The second kappa shape index (κ2) is 19.3. The quantitative estimate of drug-likeness (QED) is 0.291. The van der Waals surface area contributed by atoms with Crippen LogP contribution in [0.2, 0.25) is 0 Å². The molecule has 0 spiro atoms. The predicted octanol–water partition coefficient (Wildman–Crippen LogP) is 1.33. The summed E-state index contributed by atoms with van der Waals surface area (Å²) in [5.41, 5.74) is 0. The molecule has 0 aromatic heterocycles. The van der Waals surface area contributed by atoms with E-state index < -0.39 is 5.97 Å². The third kappa shape index (κ3) is 21.7. The average Bonchev–Trinajstić information content (AvgIpc) is 2.43. The Balaban J connectivity index is 0. The number of unbranched alkanes of at least 4 members (excludes halogenated alkanes) is 5. The van der Waals surface area contributed by atoms with Gasteiger partial charge in [-0.15, -0.1) is 0 Å². The van der Waals surface area contributed by atoms with Crippen molar-refractivity contribution in [2.45, 2.75) is 71.1 Å². The second-order valence-corrected chi connectivity index (χ2v) is 5.00. The van der Waals surface area contributed by atoms with Crippen LogP contribution in [0.15, 0.2) is 36.5 Å². The van der Waals surface area contributed by atoms with Gasteiger partial charge in [-0.2, -0.15) is 0 Å². The van der Waals surface area contributed by atoms with E-state index in [0.29, 0.717) is 6.42 Å². The SMILES string of the molecule is CCCCC/C=C\C/C=C\C/C=C\CCCCC(=O)[O-].[Li+]. The van der Waals surface area contributed by atoms with Gasteiger partial charge in [-0.3, -0.25) is 0 Å². The van der Waals surface area contributed by atoms with Crippen LogP contribution in [0.3, 0.4) is 0 Å². The smallest absolute Gasteiger partial charge is 0.550 e. The molecule has 0 saturated heterocycles. The monoisotopic (exact) mass is 284 g/mol. The first-order valence-electron chi connectivity index (χ1n) is 7.92. The van der Waals surface area contributed by atoms with Crippen molar-refractivity contribution in [3.8, 4) is 0 Å². The molecule has 0 amide bonds. The Morgan fingerprint density at radius 2 is 1.29 bits per heavy atom. The van der Waals surface area contributed by atoms with Crippen LogP contribution in [0.5, 0.6) is 0 Å². The van der Waals surface area contributed by atoms with Crippen molar-refractivity contribution in [3.05, 3.63) is 36.5 Å². The zero-order valence-electron chi connectivity index (χ0n) is 13.9. The molecule has 114 valence electrons. The molecule has 0 aromatic carbocycles. The van der Waals surface area contributed by atoms with Crippen LogP contribution in [0.1, 0.15) is 71.1 Å². The van der Waals surface area contributed by atoms with Gasteiger partial charge in [-0.05, 0) is 51.4 Å². The summed E-state index contributed by atoms with van der Waals surface area (Å²) in [5, 5.41) is 10.2. The van der Waals surface area contributed by atoms with Gasteiger partial charge in [0, 0.05) is 5.97 Å². The third-order valence-corrected chi connectivity index (χ3v) is 3.02. The first-order chi connectivity index (χ1) is 9.77. The van der Waals surface area contributed by atoms with E-state index in [1.54, 1.807) is 0 Å². The Bertz CT molecular complexity index is 306. The van der Waals surface area contributed by atoms with Crippen molar-refractivity contribution in [1.82, 2.24) is 0 Å². The molecule has 0 aromatic rings. The number of hydrogen-bond acceptors (Lipinski definition) is 2. The number of hydrogen-bond donors (Lipinski definition) is 0. The zero-order chi connectivity index (χ0) is 14.9. The zero-order valence-corrected chi connectivity index (χ0v) is 13.9. The number of carboxylic acid groups (broad SMARTS) is 1. The average molecular weight is 284 g/mol. The third-order valence-electron chi connectivity index (χ3n) is 3.02. The van der Waals surface area contributed by atoms with Crippen molar-refractivity contribution in [3.63, 3.8) is 0 Å². The van der Waals surface area contributed by atoms with E-state index in [4.69, 9.17) is 0 Å². The van der Waals surface area contributed by atoms with Gasteiger partial charge in [0.1, 0.15) is 0 Å². The molecule has 0 aliphatic carbocycles. The van der Waals surface area contributed by atoms with Crippen molar-refractivity contribution >= 4 is 5.97 Å². The molecule has 3 heteroatoms. The molecule has 21 heavy (non-hydrogen) atoms. The number of aliphatic carboxylic acids is 1. The van der Waals surface area contributed by atoms with Gasteiger partial charge in [0.05, 0.1) is 0 Å². The molecule has 0 heterocycles. The largest absolute Gasteiger partial charge is 1.00 e. The molecule has 0 aliphatic rings. The molecule has 0 unspecified atom stereocenters. The van der Waals surface area contributed by atoms with Gasteiger partial charge < -0.3 is 9.90 Å². The molecule has 2 nitrogen and oxygen atoms in total. The molecule has 0 aliphatic heterocycles. The van der Waals surface area contributed by atoms with E-state index >= 15 is 0 Å². The van der Waals surface area contributed by atoms with Gasteiger partial charge in [0.15, 0.2) is 0 Å². The number of carbonyl (C=O) groups excluding carboxylic acids is 1. The van der Waals surface area contributed by atoms with Crippen LogP contribution in [0.4, 0.5) is 0 Å². The second-order valence-electron chi connectivity index (χ2n) is 5.00. The minimum Gasteiger partial charge on any atom is -0.550 e. The maximum atomic E-state index is 10.2. The number of carbonyl (C=O) groups is 1. The van der Waals surface area contributed by atoms with E-state index in [9.17, 15) is 9.90 Å². The maximum absolute atomic E-state index is 10.2. The molecule has 0 saturated carbocycles. The minimum atomic E-state index is -0.945. The van der Waals surface area contributed by atoms with Crippen LogP contribution in [-0.2, 0) is 4.79 Å². The van der Waals surface area contributed by atoms with Crippen LogP contribution in [0, 0.1) is 0 Å². The van der Waals surface area contributed by atoms with Crippen LogP contribution in [-0.4, -0.2) is 5.97 Å². The van der Waals surface area contributed by atoms with Gasteiger partial charge in [-0.1, -0.05) is 56.2 Å². The van der Waals surface area contributed by atoms with Crippen molar-refractivity contribution in [1.29, 1.82) is 0 Å². The molecule has 0 radical (unpaired) electrons.